The quantitative estimate of drug-likeness (QED) is 0.714. The molecule has 4 aliphatic rings. The van der Waals surface area contributed by atoms with Gasteiger partial charge in [0.25, 0.3) is 0 Å². The van der Waals surface area contributed by atoms with E-state index in [0.717, 1.165) is 25.7 Å². The minimum Gasteiger partial charge on any atom is -0.393 e. The lowest BCUT2D eigenvalue weighted by atomic mass is 9.45. The number of allylic oxidation sites excluding steroid dienone is 2. The van der Waals surface area contributed by atoms with Gasteiger partial charge in [-0.1, -0.05) is 38.0 Å². The van der Waals surface area contributed by atoms with E-state index < -0.39 is 0 Å². The molecule has 0 bridgehead atoms. The smallest absolute Gasteiger partial charge is 0.155 e. The summed E-state index contributed by atoms with van der Waals surface area (Å²) in [6, 6.07) is 0. The van der Waals surface area contributed by atoms with E-state index in [9.17, 15) is 15.0 Å². The predicted molar refractivity (Wildman–Crippen MR) is 97.8 cm³/mol. The van der Waals surface area contributed by atoms with Crippen LogP contribution in [0.5, 0.6) is 0 Å². The molecular weight excluding hydrogens is 312 g/mol. The molecule has 0 heterocycles. The third-order valence-electron chi connectivity index (χ3n) is 8.40. The zero-order chi connectivity index (χ0) is 18.0. The summed E-state index contributed by atoms with van der Waals surface area (Å²) in [6.07, 6.45) is 9.23. The third-order valence-corrected chi connectivity index (χ3v) is 8.40. The lowest BCUT2D eigenvalue weighted by Crippen LogP contribution is -2.57. The fourth-order valence-electron chi connectivity index (χ4n) is 7.41. The molecule has 0 aliphatic heterocycles. The maximum atomic E-state index is 12.0. The number of hydrogen-bond acceptors (Lipinski definition) is 3. The molecule has 138 valence electrons. The Morgan fingerprint density at radius 1 is 1.28 bits per heavy atom. The van der Waals surface area contributed by atoms with Crippen molar-refractivity contribution in [1.82, 2.24) is 0 Å². The number of carbonyl (C=O) groups excluding carboxylic acids is 1. The maximum Gasteiger partial charge on any atom is 0.155 e. The first kappa shape index (κ1) is 17.5. The van der Waals surface area contributed by atoms with Crippen LogP contribution in [0.1, 0.15) is 59.3 Å². The molecule has 3 heteroatoms. The van der Waals surface area contributed by atoms with Gasteiger partial charge in [-0.2, -0.15) is 0 Å². The summed E-state index contributed by atoms with van der Waals surface area (Å²) in [5.41, 5.74) is 2.66. The van der Waals surface area contributed by atoms with Gasteiger partial charge >= 0.3 is 0 Å². The lowest BCUT2D eigenvalue weighted by molar-refractivity contribution is -0.128. The van der Waals surface area contributed by atoms with Gasteiger partial charge in [0.15, 0.2) is 5.78 Å². The molecular formula is C22H32O3. The van der Waals surface area contributed by atoms with Gasteiger partial charge in [0.05, 0.1) is 12.7 Å². The second kappa shape index (κ2) is 5.79. The topological polar surface area (TPSA) is 57.5 Å². The normalized spacial score (nSPS) is 50.9. The highest BCUT2D eigenvalue weighted by Gasteiger charge is 2.61. The summed E-state index contributed by atoms with van der Waals surface area (Å²) in [7, 11) is 0. The molecule has 4 aliphatic carbocycles. The fourth-order valence-corrected chi connectivity index (χ4v) is 7.41. The second-order valence-electron chi connectivity index (χ2n) is 9.56. The highest BCUT2D eigenvalue weighted by molar-refractivity contribution is 5.91. The van der Waals surface area contributed by atoms with Crippen LogP contribution in [0.25, 0.3) is 0 Å². The second-order valence-corrected chi connectivity index (χ2v) is 9.56. The number of fused-ring (bicyclic) bond motifs is 5. The molecule has 0 aromatic heterocycles. The van der Waals surface area contributed by atoms with E-state index in [1.165, 1.54) is 17.6 Å². The summed E-state index contributed by atoms with van der Waals surface area (Å²) < 4.78 is 0. The number of aliphatic hydroxyl groups is 2. The molecule has 7 atom stereocenters. The van der Waals surface area contributed by atoms with Crippen LogP contribution in [0.2, 0.25) is 0 Å². The van der Waals surface area contributed by atoms with Crippen molar-refractivity contribution in [3.8, 4) is 0 Å². The van der Waals surface area contributed by atoms with Crippen molar-refractivity contribution in [3.63, 3.8) is 0 Å². The van der Waals surface area contributed by atoms with E-state index in [1.54, 1.807) is 0 Å². The van der Waals surface area contributed by atoms with Crippen molar-refractivity contribution in [1.29, 1.82) is 0 Å². The number of ketones is 1. The molecule has 0 unspecified atom stereocenters. The van der Waals surface area contributed by atoms with Crippen molar-refractivity contribution >= 4 is 5.78 Å². The van der Waals surface area contributed by atoms with E-state index in [4.69, 9.17) is 0 Å². The molecule has 0 aromatic carbocycles. The van der Waals surface area contributed by atoms with E-state index in [0.29, 0.717) is 24.2 Å². The summed E-state index contributed by atoms with van der Waals surface area (Å²) in [5, 5.41) is 20.7. The summed E-state index contributed by atoms with van der Waals surface area (Å²) in [6.45, 7) is 7.00. The van der Waals surface area contributed by atoms with E-state index in [-0.39, 0.29) is 35.2 Å². The molecule has 4 rings (SSSR count). The van der Waals surface area contributed by atoms with Gasteiger partial charge in [0.1, 0.15) is 0 Å². The Labute approximate surface area is 151 Å². The van der Waals surface area contributed by atoms with Gasteiger partial charge in [-0.3, -0.25) is 4.79 Å². The van der Waals surface area contributed by atoms with Crippen molar-refractivity contribution in [3.05, 3.63) is 23.3 Å². The Morgan fingerprint density at radius 2 is 2.04 bits per heavy atom. The maximum absolute atomic E-state index is 12.0. The Balaban J connectivity index is 1.76. The first-order valence-corrected chi connectivity index (χ1v) is 10.0. The summed E-state index contributed by atoms with van der Waals surface area (Å²) in [4.78, 5) is 12.0. The van der Waals surface area contributed by atoms with Crippen LogP contribution < -0.4 is 0 Å². The van der Waals surface area contributed by atoms with Crippen LogP contribution in [-0.4, -0.2) is 28.7 Å². The summed E-state index contributed by atoms with van der Waals surface area (Å²) in [5.74, 6) is 2.08. The Hall–Kier alpha value is -0.930. The van der Waals surface area contributed by atoms with Crippen LogP contribution in [0.3, 0.4) is 0 Å². The Morgan fingerprint density at radius 3 is 2.76 bits per heavy atom. The van der Waals surface area contributed by atoms with Crippen LogP contribution >= 0.6 is 0 Å². The van der Waals surface area contributed by atoms with Crippen molar-refractivity contribution in [2.75, 3.05) is 6.61 Å². The van der Waals surface area contributed by atoms with Gasteiger partial charge in [0.2, 0.25) is 0 Å². The molecule has 0 spiro atoms. The SMILES string of the molecule is C[C@@H]1C[C@@H]2[C@H]([C@@H](O)C[C@]3(C)/C(=C/CO)CC[C@@H]23)[C@@]2(C)CCC(=O)C=C12. The van der Waals surface area contributed by atoms with Gasteiger partial charge in [0, 0.05) is 6.42 Å². The number of aliphatic hydroxyl groups excluding tert-OH is 2. The molecule has 3 fully saturated rings. The van der Waals surface area contributed by atoms with Crippen molar-refractivity contribution in [2.24, 2.45) is 34.5 Å². The highest BCUT2D eigenvalue weighted by atomic mass is 16.3. The Bertz CT molecular complexity index is 648. The molecule has 0 radical (unpaired) electrons. The minimum atomic E-state index is -0.319. The average molecular weight is 344 g/mol. The summed E-state index contributed by atoms with van der Waals surface area (Å²) >= 11 is 0. The Kier molecular flexibility index (Phi) is 4.05. The largest absolute Gasteiger partial charge is 0.393 e. The van der Waals surface area contributed by atoms with Gasteiger partial charge in [-0.25, -0.2) is 0 Å². The van der Waals surface area contributed by atoms with Crippen molar-refractivity contribution < 1.29 is 15.0 Å². The lowest BCUT2D eigenvalue weighted by Gasteiger charge is -2.60. The molecule has 3 saturated carbocycles. The highest BCUT2D eigenvalue weighted by Crippen LogP contribution is 2.67. The van der Waals surface area contributed by atoms with Gasteiger partial charge < -0.3 is 10.2 Å². The van der Waals surface area contributed by atoms with Gasteiger partial charge in [-0.15, -0.1) is 0 Å². The molecule has 3 nitrogen and oxygen atoms in total. The van der Waals surface area contributed by atoms with E-state index in [2.05, 4.69) is 20.8 Å². The molecule has 0 amide bonds. The minimum absolute atomic E-state index is 0.0273. The fraction of sp³-hybridized carbons (Fsp3) is 0.773. The van der Waals surface area contributed by atoms with Crippen LogP contribution in [0.15, 0.2) is 23.3 Å². The molecule has 0 saturated heterocycles. The first-order chi connectivity index (χ1) is 11.8. The standard InChI is InChI=1S/C22H32O3/c1-13-10-16-17-5-4-14(7-9-23)22(17,3)12-19(25)20(16)21(2)8-6-15(24)11-18(13)21/h7,11,13,16-17,19-20,23,25H,4-6,8-10,12H2,1-3H3/b14-7+/t13-,16+,17+,19+,20-,21+,22-/m1/s1. The first-order valence-electron chi connectivity index (χ1n) is 10.0. The number of rotatable bonds is 1. The molecule has 2 N–H and O–H groups in total. The monoisotopic (exact) mass is 344 g/mol. The third kappa shape index (κ3) is 2.35. The van der Waals surface area contributed by atoms with Crippen LogP contribution in [0, 0.1) is 34.5 Å². The molecule has 0 aromatic rings. The zero-order valence-electron chi connectivity index (χ0n) is 15.8. The number of hydrogen-bond donors (Lipinski definition) is 2. The molecule has 25 heavy (non-hydrogen) atoms. The predicted octanol–water partition coefficient (Wildman–Crippen LogP) is 3.65. The number of carbonyl (C=O) groups is 1. The zero-order valence-corrected chi connectivity index (χ0v) is 15.8. The van der Waals surface area contributed by atoms with Crippen LogP contribution in [0.4, 0.5) is 0 Å². The van der Waals surface area contributed by atoms with Crippen LogP contribution in [-0.2, 0) is 4.79 Å². The van der Waals surface area contributed by atoms with Crippen molar-refractivity contribution in [2.45, 2.75) is 65.4 Å². The van der Waals surface area contributed by atoms with Gasteiger partial charge in [-0.05, 0) is 72.7 Å². The van der Waals surface area contributed by atoms with E-state index >= 15 is 0 Å². The van der Waals surface area contributed by atoms with E-state index in [1.807, 2.05) is 12.2 Å². The average Bonchev–Trinajstić information content (AvgIpc) is 2.86.